The second-order valence-electron chi connectivity index (χ2n) is 8.08. The van der Waals surface area contributed by atoms with Gasteiger partial charge in [0.1, 0.15) is 6.54 Å². The summed E-state index contributed by atoms with van der Waals surface area (Å²) in [5.74, 6) is -0.0245. The maximum atomic E-state index is 13.2. The third-order valence-electron chi connectivity index (χ3n) is 6.09. The Hall–Kier alpha value is -2.93. The molecule has 0 spiro atoms. The average Bonchev–Trinajstić information content (AvgIpc) is 2.87. The number of hydrogen-bond donors (Lipinski definition) is 0. The van der Waals surface area contributed by atoms with Crippen LogP contribution in [0.4, 0.5) is 0 Å². The quantitative estimate of drug-likeness (QED) is 0.680. The molecule has 7 heteroatoms. The lowest BCUT2D eigenvalue weighted by atomic mass is 9.95. The Balaban J connectivity index is 1.33. The fourth-order valence-corrected chi connectivity index (χ4v) is 4.72. The molecule has 150 valence electrons. The van der Waals surface area contributed by atoms with Gasteiger partial charge in [0.25, 0.3) is 0 Å². The van der Waals surface area contributed by atoms with Crippen LogP contribution in [-0.2, 0) is 17.9 Å². The molecule has 5 heterocycles. The van der Waals surface area contributed by atoms with E-state index in [9.17, 15) is 9.59 Å². The van der Waals surface area contributed by atoms with Gasteiger partial charge in [-0.3, -0.25) is 19.2 Å². The molecule has 3 aliphatic rings. The van der Waals surface area contributed by atoms with Gasteiger partial charge in [-0.25, -0.2) is 4.79 Å². The van der Waals surface area contributed by atoms with E-state index >= 15 is 0 Å². The van der Waals surface area contributed by atoms with Gasteiger partial charge in [-0.1, -0.05) is 18.2 Å². The number of pyridine rings is 1. The number of amides is 1. The summed E-state index contributed by atoms with van der Waals surface area (Å²) in [7, 11) is 0. The summed E-state index contributed by atoms with van der Waals surface area (Å²) < 4.78 is 6.73. The molecule has 0 N–H and O–H groups in total. The van der Waals surface area contributed by atoms with Crippen molar-refractivity contribution in [1.82, 2.24) is 19.4 Å². The van der Waals surface area contributed by atoms with Gasteiger partial charge in [0.05, 0.1) is 11.2 Å². The minimum atomic E-state index is -0.476. The van der Waals surface area contributed by atoms with Gasteiger partial charge < -0.3 is 9.32 Å². The van der Waals surface area contributed by atoms with Crippen LogP contribution in [0.25, 0.3) is 11.1 Å². The minimum Gasteiger partial charge on any atom is -0.408 e. The van der Waals surface area contributed by atoms with E-state index in [0.717, 1.165) is 44.7 Å². The zero-order valence-electron chi connectivity index (χ0n) is 16.2. The van der Waals surface area contributed by atoms with Crippen LogP contribution < -0.4 is 5.76 Å². The molecule has 3 aromatic rings. The van der Waals surface area contributed by atoms with Gasteiger partial charge in [-0.05, 0) is 43.0 Å². The second-order valence-corrected chi connectivity index (χ2v) is 8.08. The molecule has 2 bridgehead atoms. The predicted octanol–water partition coefficient (Wildman–Crippen LogP) is 2.11. The molecule has 3 fully saturated rings. The maximum Gasteiger partial charge on any atom is 0.420 e. The van der Waals surface area contributed by atoms with E-state index in [2.05, 4.69) is 9.88 Å². The summed E-state index contributed by atoms with van der Waals surface area (Å²) in [4.78, 5) is 34.3. The van der Waals surface area contributed by atoms with Gasteiger partial charge in [0.2, 0.25) is 5.91 Å². The number of piperidine rings is 1. The molecule has 0 unspecified atom stereocenters. The van der Waals surface area contributed by atoms with Crippen LogP contribution in [0.15, 0.2) is 57.9 Å². The van der Waals surface area contributed by atoms with Gasteiger partial charge in [0.15, 0.2) is 5.58 Å². The lowest BCUT2D eigenvalue weighted by Crippen LogP contribution is -2.49. The SMILES string of the molecule is O=C(Cn1c(=O)oc2ccccc21)N1C[C@H]2CC[C@@H]1CN(Cc1ccccn1)C2. The summed E-state index contributed by atoms with van der Waals surface area (Å²) in [6.45, 7) is 3.42. The Labute approximate surface area is 168 Å². The predicted molar refractivity (Wildman–Crippen MR) is 108 cm³/mol. The van der Waals surface area contributed by atoms with Crippen molar-refractivity contribution in [2.75, 3.05) is 19.6 Å². The number of nitrogens with zero attached hydrogens (tertiary/aromatic N) is 4. The van der Waals surface area contributed by atoms with E-state index in [4.69, 9.17) is 4.42 Å². The van der Waals surface area contributed by atoms with E-state index in [0.29, 0.717) is 17.0 Å². The lowest BCUT2D eigenvalue weighted by molar-refractivity contribution is -0.136. The number of benzene rings is 1. The van der Waals surface area contributed by atoms with Crippen molar-refractivity contribution in [3.8, 4) is 0 Å². The normalized spacial score (nSPS) is 22.1. The Morgan fingerprint density at radius 3 is 2.79 bits per heavy atom. The molecule has 2 aromatic heterocycles. The highest BCUT2D eigenvalue weighted by Gasteiger charge is 2.37. The Kier molecular flexibility index (Phi) is 4.67. The molecule has 3 aliphatic heterocycles. The molecule has 2 atom stereocenters. The number of para-hydroxylation sites is 2. The highest BCUT2D eigenvalue weighted by atomic mass is 16.4. The number of fused-ring (bicyclic) bond motifs is 5. The number of hydrogen-bond acceptors (Lipinski definition) is 5. The number of carbonyl (C=O) groups excluding carboxylic acids is 1. The van der Waals surface area contributed by atoms with E-state index in [-0.39, 0.29) is 18.5 Å². The number of rotatable bonds is 4. The van der Waals surface area contributed by atoms with E-state index in [1.807, 2.05) is 47.5 Å². The van der Waals surface area contributed by atoms with Crippen LogP contribution >= 0.6 is 0 Å². The first-order chi connectivity index (χ1) is 14.2. The second kappa shape index (κ2) is 7.48. The summed E-state index contributed by atoms with van der Waals surface area (Å²) in [5.41, 5.74) is 2.25. The molecule has 0 saturated carbocycles. The van der Waals surface area contributed by atoms with Crippen LogP contribution in [-0.4, -0.2) is 50.9 Å². The molecule has 1 amide bonds. The number of carbonyl (C=O) groups is 1. The molecule has 1 aromatic carbocycles. The molecule has 0 aliphatic carbocycles. The van der Waals surface area contributed by atoms with E-state index in [1.165, 1.54) is 4.57 Å². The lowest BCUT2D eigenvalue weighted by Gasteiger charge is -2.36. The van der Waals surface area contributed by atoms with Crippen LogP contribution in [0.2, 0.25) is 0 Å². The molecule has 29 heavy (non-hydrogen) atoms. The Morgan fingerprint density at radius 1 is 1.07 bits per heavy atom. The number of oxazole rings is 1. The van der Waals surface area contributed by atoms with Crippen molar-refractivity contribution in [1.29, 1.82) is 0 Å². The first-order valence-corrected chi connectivity index (χ1v) is 10.2. The van der Waals surface area contributed by atoms with Crippen molar-refractivity contribution in [3.05, 3.63) is 64.9 Å². The van der Waals surface area contributed by atoms with E-state index in [1.54, 1.807) is 6.07 Å². The molecular weight excluding hydrogens is 368 g/mol. The first kappa shape index (κ1) is 18.1. The highest BCUT2D eigenvalue weighted by molar-refractivity contribution is 5.80. The summed E-state index contributed by atoms with van der Waals surface area (Å²) >= 11 is 0. The monoisotopic (exact) mass is 392 g/mol. The van der Waals surface area contributed by atoms with Crippen molar-refractivity contribution in [2.24, 2.45) is 5.92 Å². The first-order valence-electron chi connectivity index (χ1n) is 10.2. The largest absolute Gasteiger partial charge is 0.420 e. The summed E-state index contributed by atoms with van der Waals surface area (Å²) in [6, 6.07) is 13.4. The molecular formula is C22H24N4O3. The van der Waals surface area contributed by atoms with Gasteiger partial charge >= 0.3 is 5.76 Å². The highest BCUT2D eigenvalue weighted by Crippen LogP contribution is 2.29. The van der Waals surface area contributed by atoms with Gasteiger partial charge in [-0.15, -0.1) is 0 Å². The number of aromatic nitrogens is 2. The smallest absolute Gasteiger partial charge is 0.408 e. The van der Waals surface area contributed by atoms with Gasteiger partial charge in [-0.2, -0.15) is 0 Å². The molecule has 3 saturated heterocycles. The van der Waals surface area contributed by atoms with Crippen molar-refractivity contribution in [3.63, 3.8) is 0 Å². The summed E-state index contributed by atoms with van der Waals surface area (Å²) in [5, 5.41) is 0. The average molecular weight is 392 g/mol. The van der Waals surface area contributed by atoms with Crippen LogP contribution in [0.1, 0.15) is 18.5 Å². The van der Waals surface area contributed by atoms with Crippen molar-refractivity contribution in [2.45, 2.75) is 32.0 Å². The van der Waals surface area contributed by atoms with Crippen molar-refractivity contribution >= 4 is 17.0 Å². The van der Waals surface area contributed by atoms with Crippen LogP contribution in [0, 0.1) is 5.92 Å². The third-order valence-corrected chi connectivity index (χ3v) is 6.09. The molecule has 7 nitrogen and oxygen atoms in total. The molecule has 0 radical (unpaired) electrons. The minimum absolute atomic E-state index is 0.00645. The standard InChI is InChI=1S/C22H24N4O3/c27-21(15-26-19-6-1-2-7-20(19)29-22(26)28)25-12-16-8-9-18(25)14-24(11-16)13-17-5-3-4-10-23-17/h1-7,10,16,18H,8-9,11-15H2/t16-,18+/m0/s1. The Bertz CT molecular complexity index is 1070. The zero-order valence-corrected chi connectivity index (χ0v) is 16.2. The van der Waals surface area contributed by atoms with Crippen molar-refractivity contribution < 1.29 is 9.21 Å². The fourth-order valence-electron chi connectivity index (χ4n) is 4.72. The van der Waals surface area contributed by atoms with Gasteiger partial charge in [0, 0.05) is 38.4 Å². The summed E-state index contributed by atoms with van der Waals surface area (Å²) in [6.07, 6.45) is 3.97. The molecule has 6 rings (SSSR count). The Morgan fingerprint density at radius 2 is 1.93 bits per heavy atom. The zero-order chi connectivity index (χ0) is 19.8. The van der Waals surface area contributed by atoms with Crippen LogP contribution in [0.3, 0.4) is 0 Å². The fraction of sp³-hybridized carbons (Fsp3) is 0.409. The van der Waals surface area contributed by atoms with E-state index < -0.39 is 5.76 Å². The topological polar surface area (TPSA) is 71.6 Å². The third kappa shape index (κ3) is 3.58. The van der Waals surface area contributed by atoms with Crippen LogP contribution in [0.5, 0.6) is 0 Å². The maximum absolute atomic E-state index is 13.2.